The summed E-state index contributed by atoms with van der Waals surface area (Å²) >= 11 is 1.56. The van der Waals surface area contributed by atoms with E-state index in [1.807, 2.05) is 0 Å². The van der Waals surface area contributed by atoms with Crippen LogP contribution in [0.4, 0.5) is 0 Å². The van der Waals surface area contributed by atoms with Crippen LogP contribution in [0, 0.1) is 13.8 Å². The van der Waals surface area contributed by atoms with E-state index in [0.717, 1.165) is 24.8 Å². The van der Waals surface area contributed by atoms with Gasteiger partial charge in [-0.3, -0.25) is 4.79 Å². The van der Waals surface area contributed by atoms with E-state index in [9.17, 15) is 9.59 Å². The Hall–Kier alpha value is -2.48. The van der Waals surface area contributed by atoms with Crippen molar-refractivity contribution in [1.29, 1.82) is 0 Å². The van der Waals surface area contributed by atoms with Crippen LogP contribution >= 0.6 is 11.3 Å². The van der Waals surface area contributed by atoms with Gasteiger partial charge in [-0.2, -0.15) is 0 Å². The lowest BCUT2D eigenvalue weighted by molar-refractivity contribution is 0.0459. The molecule has 4 rings (SSSR count). The van der Waals surface area contributed by atoms with Gasteiger partial charge in [-0.1, -0.05) is 5.16 Å². The van der Waals surface area contributed by atoms with Gasteiger partial charge in [0.15, 0.2) is 0 Å². The summed E-state index contributed by atoms with van der Waals surface area (Å²) in [5.41, 5.74) is 1.75. The van der Waals surface area contributed by atoms with Gasteiger partial charge in [0, 0.05) is 4.88 Å². The highest BCUT2D eigenvalue weighted by Crippen LogP contribution is 2.34. The highest BCUT2D eigenvalue weighted by Gasteiger charge is 2.22. The first-order chi connectivity index (χ1) is 11.5. The number of carbonyl (C=O) groups excluding carboxylic acids is 1. The van der Waals surface area contributed by atoms with Gasteiger partial charge in [0.1, 0.15) is 28.6 Å². The first-order valence-corrected chi connectivity index (χ1v) is 8.49. The Bertz CT molecular complexity index is 995. The standard InChI is InChI=1S/C16H15N3O4S/c1-7-12(8(2)23-19-7)16(21)22-6-11-17-14(20)13-9-4-3-5-10(9)24-15(13)18-11/h3-6H2,1-2H3,(H,17,18,20). The number of esters is 1. The van der Waals surface area contributed by atoms with E-state index < -0.39 is 5.97 Å². The van der Waals surface area contributed by atoms with E-state index in [4.69, 9.17) is 9.26 Å². The summed E-state index contributed by atoms with van der Waals surface area (Å²) in [6, 6.07) is 0. The van der Waals surface area contributed by atoms with Gasteiger partial charge in [-0.05, 0) is 38.7 Å². The van der Waals surface area contributed by atoms with Crippen molar-refractivity contribution in [2.45, 2.75) is 39.7 Å². The van der Waals surface area contributed by atoms with E-state index in [1.165, 1.54) is 4.88 Å². The molecular formula is C16H15N3O4S. The molecule has 24 heavy (non-hydrogen) atoms. The Morgan fingerprint density at radius 2 is 2.21 bits per heavy atom. The topological polar surface area (TPSA) is 98.1 Å². The fraction of sp³-hybridized carbons (Fsp3) is 0.375. The predicted molar refractivity (Wildman–Crippen MR) is 87.4 cm³/mol. The van der Waals surface area contributed by atoms with Crippen molar-refractivity contribution in [3.05, 3.63) is 43.6 Å². The van der Waals surface area contributed by atoms with Crippen LogP contribution in [0.2, 0.25) is 0 Å². The van der Waals surface area contributed by atoms with Gasteiger partial charge in [0.25, 0.3) is 5.56 Å². The van der Waals surface area contributed by atoms with Gasteiger partial charge in [-0.15, -0.1) is 11.3 Å². The molecule has 0 amide bonds. The van der Waals surface area contributed by atoms with E-state index in [2.05, 4.69) is 15.1 Å². The van der Waals surface area contributed by atoms with Crippen LogP contribution < -0.4 is 5.56 Å². The molecule has 0 aliphatic heterocycles. The Morgan fingerprint density at radius 3 is 2.96 bits per heavy atom. The summed E-state index contributed by atoms with van der Waals surface area (Å²) in [5, 5.41) is 4.42. The molecule has 3 aromatic rings. The molecule has 0 bridgehead atoms. The smallest absolute Gasteiger partial charge is 0.344 e. The minimum Gasteiger partial charge on any atom is -0.454 e. The maximum atomic E-state index is 12.3. The van der Waals surface area contributed by atoms with Crippen molar-refractivity contribution in [1.82, 2.24) is 15.1 Å². The van der Waals surface area contributed by atoms with Gasteiger partial charge < -0.3 is 14.2 Å². The monoisotopic (exact) mass is 345 g/mol. The average molecular weight is 345 g/mol. The Balaban J connectivity index is 1.59. The molecule has 3 heterocycles. The maximum Gasteiger partial charge on any atom is 0.344 e. The van der Waals surface area contributed by atoms with Crippen LogP contribution in [0.5, 0.6) is 0 Å². The van der Waals surface area contributed by atoms with Crippen molar-refractivity contribution in [3.8, 4) is 0 Å². The van der Waals surface area contributed by atoms with E-state index in [0.29, 0.717) is 33.1 Å². The molecule has 7 nitrogen and oxygen atoms in total. The molecule has 1 aliphatic rings. The highest BCUT2D eigenvalue weighted by atomic mass is 32.1. The van der Waals surface area contributed by atoms with Crippen LogP contribution in [-0.2, 0) is 24.2 Å². The number of hydrogen-bond donors (Lipinski definition) is 1. The number of ether oxygens (including phenoxy) is 1. The number of aryl methyl sites for hydroxylation is 4. The average Bonchev–Trinajstić information content (AvgIpc) is 3.19. The molecule has 3 aromatic heterocycles. The summed E-state index contributed by atoms with van der Waals surface area (Å²) in [6.45, 7) is 3.22. The molecule has 0 unspecified atom stereocenters. The predicted octanol–water partition coefficient (Wildman–Crippen LogP) is 2.44. The van der Waals surface area contributed by atoms with Crippen LogP contribution in [0.25, 0.3) is 10.2 Å². The number of fused-ring (bicyclic) bond motifs is 3. The fourth-order valence-corrected chi connectivity index (χ4v) is 4.38. The second-order valence-electron chi connectivity index (χ2n) is 5.83. The number of hydrogen-bond acceptors (Lipinski definition) is 7. The Morgan fingerprint density at radius 1 is 1.38 bits per heavy atom. The molecule has 0 saturated heterocycles. The number of nitrogens with one attached hydrogen (secondary N) is 1. The zero-order valence-corrected chi connectivity index (χ0v) is 14.1. The molecule has 124 valence electrons. The van der Waals surface area contributed by atoms with Crippen molar-refractivity contribution >= 4 is 27.5 Å². The van der Waals surface area contributed by atoms with Crippen molar-refractivity contribution in [2.24, 2.45) is 0 Å². The molecule has 0 fully saturated rings. The van der Waals surface area contributed by atoms with Crippen molar-refractivity contribution in [2.75, 3.05) is 0 Å². The van der Waals surface area contributed by atoms with Crippen molar-refractivity contribution in [3.63, 3.8) is 0 Å². The number of thiophene rings is 1. The third-order valence-electron chi connectivity index (χ3n) is 4.20. The summed E-state index contributed by atoms with van der Waals surface area (Å²) < 4.78 is 10.2. The van der Waals surface area contributed by atoms with Crippen LogP contribution in [-0.4, -0.2) is 21.1 Å². The maximum absolute atomic E-state index is 12.3. The van der Waals surface area contributed by atoms with Crippen molar-refractivity contribution < 1.29 is 14.1 Å². The van der Waals surface area contributed by atoms with Gasteiger partial charge in [0.2, 0.25) is 0 Å². The number of nitrogens with zero attached hydrogens (tertiary/aromatic N) is 2. The molecule has 1 N–H and O–H groups in total. The molecular weight excluding hydrogens is 330 g/mol. The summed E-state index contributed by atoms with van der Waals surface area (Å²) in [6.07, 6.45) is 3.03. The number of carbonyl (C=O) groups is 1. The molecule has 0 aromatic carbocycles. The summed E-state index contributed by atoms with van der Waals surface area (Å²) in [4.78, 5) is 33.6. The van der Waals surface area contributed by atoms with E-state index >= 15 is 0 Å². The normalized spacial score (nSPS) is 13.4. The molecule has 0 radical (unpaired) electrons. The van der Waals surface area contributed by atoms with Crippen LogP contribution in [0.15, 0.2) is 9.32 Å². The van der Waals surface area contributed by atoms with Gasteiger partial charge >= 0.3 is 5.97 Å². The summed E-state index contributed by atoms with van der Waals surface area (Å²) in [7, 11) is 0. The Kier molecular flexibility index (Phi) is 3.49. The molecule has 8 heteroatoms. The number of rotatable bonds is 3. The third-order valence-corrected chi connectivity index (χ3v) is 5.39. The SMILES string of the molecule is Cc1noc(C)c1C(=O)OCc1nc2sc3c(c2c(=O)[nH]1)CCC3. The highest BCUT2D eigenvalue weighted by molar-refractivity contribution is 7.18. The Labute approximate surface area is 140 Å². The number of H-pyrrole nitrogens is 1. The zero-order valence-electron chi connectivity index (χ0n) is 13.3. The minimum absolute atomic E-state index is 0.101. The van der Waals surface area contributed by atoms with Gasteiger partial charge in [-0.25, -0.2) is 9.78 Å². The molecule has 0 atom stereocenters. The summed E-state index contributed by atoms with van der Waals surface area (Å²) in [5.74, 6) is 0.208. The van der Waals surface area contributed by atoms with Crippen LogP contribution in [0.3, 0.4) is 0 Å². The van der Waals surface area contributed by atoms with E-state index in [-0.39, 0.29) is 12.2 Å². The lowest BCUT2D eigenvalue weighted by Gasteiger charge is -2.04. The largest absolute Gasteiger partial charge is 0.454 e. The lowest BCUT2D eigenvalue weighted by atomic mass is 10.2. The van der Waals surface area contributed by atoms with Gasteiger partial charge in [0.05, 0.1) is 11.1 Å². The third kappa shape index (κ3) is 2.34. The minimum atomic E-state index is -0.539. The second kappa shape index (κ2) is 5.55. The quantitative estimate of drug-likeness (QED) is 0.732. The number of aromatic amines is 1. The molecule has 1 aliphatic carbocycles. The first kappa shape index (κ1) is 15.1. The molecule has 0 spiro atoms. The lowest BCUT2D eigenvalue weighted by Crippen LogP contribution is -2.15. The zero-order chi connectivity index (χ0) is 16.8. The molecule has 0 saturated carbocycles. The fourth-order valence-electron chi connectivity index (χ4n) is 3.10. The van der Waals surface area contributed by atoms with Crippen LogP contribution in [0.1, 0.15) is 44.5 Å². The number of aromatic nitrogens is 3. The van der Waals surface area contributed by atoms with E-state index in [1.54, 1.807) is 25.2 Å². The second-order valence-corrected chi connectivity index (χ2v) is 6.91. The first-order valence-electron chi connectivity index (χ1n) is 7.68.